The number of hydroxylamine groups is 1. The van der Waals surface area contributed by atoms with E-state index in [0.29, 0.717) is 15.7 Å². The molecule has 1 saturated heterocycles. The van der Waals surface area contributed by atoms with Gasteiger partial charge in [-0.1, -0.05) is 23.2 Å². The average molecular weight is 352 g/mol. The molecule has 0 bridgehead atoms. The maximum Gasteiger partial charge on any atom is 0.321 e. The van der Waals surface area contributed by atoms with Crippen molar-refractivity contribution in [3.05, 3.63) is 28.2 Å². The molecule has 1 aromatic rings. The van der Waals surface area contributed by atoms with Gasteiger partial charge in [-0.15, -0.1) is 0 Å². The first kappa shape index (κ1) is 17.2. The van der Waals surface area contributed by atoms with Gasteiger partial charge in [-0.05, 0) is 25.1 Å². The van der Waals surface area contributed by atoms with Gasteiger partial charge in [-0.3, -0.25) is 10.6 Å². The van der Waals surface area contributed by atoms with Gasteiger partial charge < -0.3 is 15.8 Å². The Morgan fingerprint density at radius 2 is 2.05 bits per heavy atom. The molecule has 1 aromatic carbocycles. The monoisotopic (exact) mass is 351 g/mol. The van der Waals surface area contributed by atoms with Crippen LogP contribution < -0.4 is 26.7 Å². The molecule has 6 N–H and O–H groups in total. The number of rotatable bonds is 3. The maximum atomic E-state index is 13.7. The average Bonchev–Trinajstić information content (AvgIpc) is 2.46. The van der Waals surface area contributed by atoms with Crippen LogP contribution in [-0.2, 0) is 0 Å². The summed E-state index contributed by atoms with van der Waals surface area (Å²) in [5.41, 5.74) is 2.28. The number of carbonyl (C=O) groups is 1. The minimum Gasteiger partial charge on any atom is -0.315 e. The van der Waals surface area contributed by atoms with Crippen LogP contribution in [0.5, 0.6) is 0 Å². The van der Waals surface area contributed by atoms with Gasteiger partial charge in [0.1, 0.15) is 18.6 Å². The van der Waals surface area contributed by atoms with E-state index < -0.39 is 30.7 Å². The van der Waals surface area contributed by atoms with Crippen molar-refractivity contribution < 1.29 is 14.4 Å². The Kier molecular flexibility index (Phi) is 5.79. The zero-order valence-corrected chi connectivity index (χ0v) is 13.0. The molecule has 0 saturated carbocycles. The Bertz CT molecular complexity index is 550. The highest BCUT2D eigenvalue weighted by Crippen LogP contribution is 2.24. The van der Waals surface area contributed by atoms with Crippen molar-refractivity contribution >= 4 is 34.9 Å². The molecule has 1 heterocycles. The number of urea groups is 1. The standard InChI is InChI=1S/C12H16Cl2FN5O2/c1-5-9(15)10(20-22)18-11(16-5)19-12(21)17-6-2-3-7(13)8(14)4-6/h2-5,9-11,16,18,20,22H,1H3,(H2,17,19,21). The largest absolute Gasteiger partial charge is 0.321 e. The van der Waals surface area contributed by atoms with E-state index in [-0.39, 0.29) is 0 Å². The summed E-state index contributed by atoms with van der Waals surface area (Å²) in [7, 11) is 0. The number of alkyl halides is 1. The Morgan fingerprint density at radius 3 is 2.68 bits per heavy atom. The molecule has 1 fully saturated rings. The number of carbonyl (C=O) groups excluding carboxylic acids is 1. The number of hydrogen-bond acceptors (Lipinski definition) is 5. The van der Waals surface area contributed by atoms with Crippen molar-refractivity contribution in [2.75, 3.05) is 5.32 Å². The third-order valence-corrected chi connectivity index (χ3v) is 3.90. The molecule has 7 nitrogen and oxygen atoms in total. The number of hydrogen-bond donors (Lipinski definition) is 6. The van der Waals surface area contributed by atoms with E-state index in [0.717, 1.165) is 0 Å². The molecule has 1 aliphatic rings. The number of amides is 2. The lowest BCUT2D eigenvalue weighted by Crippen LogP contribution is -2.72. The molecular weight excluding hydrogens is 336 g/mol. The third-order valence-electron chi connectivity index (χ3n) is 3.16. The summed E-state index contributed by atoms with van der Waals surface area (Å²) >= 11 is 11.6. The second-order valence-corrected chi connectivity index (χ2v) is 5.65. The molecule has 0 aromatic heterocycles. The van der Waals surface area contributed by atoms with Gasteiger partial charge in [-0.2, -0.15) is 5.48 Å². The predicted molar refractivity (Wildman–Crippen MR) is 81.7 cm³/mol. The zero-order chi connectivity index (χ0) is 16.3. The van der Waals surface area contributed by atoms with Gasteiger partial charge in [0.15, 0.2) is 0 Å². The molecule has 22 heavy (non-hydrogen) atoms. The number of benzene rings is 1. The lowest BCUT2D eigenvalue weighted by Gasteiger charge is -2.38. The van der Waals surface area contributed by atoms with Crippen LogP contribution in [0.15, 0.2) is 18.2 Å². The van der Waals surface area contributed by atoms with Gasteiger partial charge >= 0.3 is 6.03 Å². The van der Waals surface area contributed by atoms with E-state index in [1.54, 1.807) is 19.1 Å². The molecular formula is C12H16Cl2FN5O2. The fraction of sp³-hybridized carbons (Fsp3) is 0.417. The van der Waals surface area contributed by atoms with Crippen molar-refractivity contribution in [2.45, 2.75) is 31.6 Å². The summed E-state index contributed by atoms with van der Waals surface area (Å²) in [6, 6.07) is 3.54. The van der Waals surface area contributed by atoms with Crippen LogP contribution in [0, 0.1) is 0 Å². The van der Waals surface area contributed by atoms with Crippen LogP contribution in [0.1, 0.15) is 6.92 Å². The second kappa shape index (κ2) is 7.40. The molecule has 4 atom stereocenters. The molecule has 0 aliphatic carbocycles. The van der Waals surface area contributed by atoms with Gasteiger partial charge in [0.2, 0.25) is 0 Å². The van der Waals surface area contributed by atoms with Gasteiger partial charge in [0.05, 0.1) is 10.0 Å². The molecule has 1 aliphatic heterocycles. The van der Waals surface area contributed by atoms with Gasteiger partial charge in [0.25, 0.3) is 0 Å². The van der Waals surface area contributed by atoms with Crippen LogP contribution in [-0.4, -0.2) is 35.9 Å². The van der Waals surface area contributed by atoms with E-state index >= 15 is 0 Å². The van der Waals surface area contributed by atoms with Crippen LogP contribution in [0.25, 0.3) is 0 Å². The summed E-state index contributed by atoms with van der Waals surface area (Å²) in [5, 5.41) is 20.2. The summed E-state index contributed by atoms with van der Waals surface area (Å²) in [4.78, 5) is 11.9. The summed E-state index contributed by atoms with van der Waals surface area (Å²) < 4.78 is 13.7. The lowest BCUT2D eigenvalue weighted by molar-refractivity contribution is 0.0119. The quantitative estimate of drug-likeness (QED) is 0.465. The maximum absolute atomic E-state index is 13.7. The van der Waals surface area contributed by atoms with E-state index in [9.17, 15) is 9.18 Å². The molecule has 122 valence electrons. The smallest absolute Gasteiger partial charge is 0.315 e. The molecule has 4 unspecified atom stereocenters. The van der Waals surface area contributed by atoms with Gasteiger partial charge in [-0.25, -0.2) is 9.18 Å². The Balaban J connectivity index is 1.92. The van der Waals surface area contributed by atoms with E-state index in [2.05, 4.69) is 21.3 Å². The first-order chi connectivity index (χ1) is 10.4. The van der Waals surface area contributed by atoms with Crippen molar-refractivity contribution in [3.63, 3.8) is 0 Å². The molecule has 0 radical (unpaired) electrons. The van der Waals surface area contributed by atoms with Crippen LogP contribution in [0.3, 0.4) is 0 Å². The summed E-state index contributed by atoms with van der Waals surface area (Å²) in [5.74, 6) is 0. The highest BCUT2D eigenvalue weighted by atomic mass is 35.5. The number of halogens is 3. The van der Waals surface area contributed by atoms with E-state index in [1.165, 1.54) is 6.07 Å². The first-order valence-corrected chi connectivity index (χ1v) is 7.24. The predicted octanol–water partition coefficient (Wildman–Crippen LogP) is 1.62. The van der Waals surface area contributed by atoms with Crippen LogP contribution >= 0.6 is 23.2 Å². The molecule has 2 amide bonds. The SMILES string of the molecule is CC1NC(NC(=O)Nc2ccc(Cl)c(Cl)c2)NC(NO)C1F. The van der Waals surface area contributed by atoms with Crippen LogP contribution in [0.4, 0.5) is 14.9 Å². The van der Waals surface area contributed by atoms with Gasteiger partial charge in [0, 0.05) is 11.7 Å². The highest BCUT2D eigenvalue weighted by Gasteiger charge is 2.35. The third kappa shape index (κ3) is 4.19. The van der Waals surface area contributed by atoms with E-state index in [4.69, 9.17) is 28.4 Å². The normalized spacial score (nSPS) is 28.2. The van der Waals surface area contributed by atoms with Crippen molar-refractivity contribution in [2.24, 2.45) is 0 Å². The fourth-order valence-corrected chi connectivity index (χ4v) is 2.33. The van der Waals surface area contributed by atoms with Crippen molar-refractivity contribution in [1.82, 2.24) is 21.4 Å². The Labute approximate surface area is 136 Å². The van der Waals surface area contributed by atoms with Crippen molar-refractivity contribution in [1.29, 1.82) is 0 Å². The summed E-state index contributed by atoms with van der Waals surface area (Å²) in [6.07, 6.45) is -3.08. The molecule has 0 spiro atoms. The van der Waals surface area contributed by atoms with Crippen LogP contribution in [0.2, 0.25) is 10.0 Å². The Hall–Kier alpha value is -1.16. The molecule has 10 heteroatoms. The topological polar surface area (TPSA) is 97.5 Å². The molecule has 2 rings (SSSR count). The second-order valence-electron chi connectivity index (χ2n) is 4.83. The first-order valence-electron chi connectivity index (χ1n) is 6.49. The minimum absolute atomic E-state index is 0.312. The number of nitrogens with one attached hydrogen (secondary N) is 5. The Morgan fingerprint density at radius 1 is 1.32 bits per heavy atom. The fourth-order valence-electron chi connectivity index (χ4n) is 2.03. The number of anilines is 1. The summed E-state index contributed by atoms with van der Waals surface area (Å²) in [6.45, 7) is 1.60. The van der Waals surface area contributed by atoms with Crippen molar-refractivity contribution in [3.8, 4) is 0 Å². The zero-order valence-electron chi connectivity index (χ0n) is 11.5. The lowest BCUT2D eigenvalue weighted by atomic mass is 10.1. The van der Waals surface area contributed by atoms with E-state index in [1.807, 2.05) is 5.48 Å². The minimum atomic E-state index is -1.36. The highest BCUT2D eigenvalue weighted by molar-refractivity contribution is 6.42.